The largest absolute Gasteiger partial charge is 0.366 e. The summed E-state index contributed by atoms with van der Waals surface area (Å²) in [7, 11) is 0. The summed E-state index contributed by atoms with van der Waals surface area (Å²) < 4.78 is 0. The standard InChI is InChI=1S/C13H18N2O2/c1-8(16)15-9-5-6-10(12(14)17)11(7-9)13(2,3)4/h5-7H,1-4H3,(H2,14,17)(H,15,16). The summed E-state index contributed by atoms with van der Waals surface area (Å²) in [6.07, 6.45) is 0. The van der Waals surface area contributed by atoms with Crippen LogP contribution in [-0.2, 0) is 10.2 Å². The predicted molar refractivity (Wildman–Crippen MR) is 68.0 cm³/mol. The van der Waals surface area contributed by atoms with Gasteiger partial charge in [0.15, 0.2) is 0 Å². The molecule has 3 N–H and O–H groups in total. The van der Waals surface area contributed by atoms with Crippen molar-refractivity contribution in [3.05, 3.63) is 29.3 Å². The number of hydrogen-bond donors (Lipinski definition) is 2. The van der Waals surface area contributed by atoms with Crippen LogP contribution in [0, 0.1) is 0 Å². The molecule has 4 heteroatoms. The van der Waals surface area contributed by atoms with Crippen molar-refractivity contribution >= 4 is 17.5 Å². The molecule has 0 bridgehead atoms. The number of amides is 2. The highest BCUT2D eigenvalue weighted by atomic mass is 16.1. The molecule has 0 fully saturated rings. The average molecular weight is 234 g/mol. The lowest BCUT2D eigenvalue weighted by molar-refractivity contribution is -0.114. The van der Waals surface area contributed by atoms with Gasteiger partial charge in [-0.15, -0.1) is 0 Å². The number of rotatable bonds is 2. The molecule has 0 unspecified atom stereocenters. The Bertz CT molecular complexity index is 459. The molecular formula is C13H18N2O2. The molecule has 0 aromatic heterocycles. The van der Waals surface area contributed by atoms with Gasteiger partial charge in [-0.2, -0.15) is 0 Å². The lowest BCUT2D eigenvalue weighted by Gasteiger charge is -2.22. The maximum absolute atomic E-state index is 11.3. The lowest BCUT2D eigenvalue weighted by Crippen LogP contribution is -2.21. The molecule has 0 saturated heterocycles. The van der Waals surface area contributed by atoms with E-state index in [4.69, 9.17) is 5.73 Å². The fraction of sp³-hybridized carbons (Fsp3) is 0.385. The fourth-order valence-corrected chi connectivity index (χ4v) is 1.66. The van der Waals surface area contributed by atoms with Crippen molar-refractivity contribution in [2.75, 3.05) is 5.32 Å². The van der Waals surface area contributed by atoms with Gasteiger partial charge in [-0.05, 0) is 29.2 Å². The van der Waals surface area contributed by atoms with Crippen molar-refractivity contribution in [1.82, 2.24) is 0 Å². The van der Waals surface area contributed by atoms with Crippen molar-refractivity contribution in [1.29, 1.82) is 0 Å². The normalized spacial score (nSPS) is 11.1. The van der Waals surface area contributed by atoms with Gasteiger partial charge in [-0.25, -0.2) is 0 Å². The Morgan fingerprint density at radius 1 is 1.24 bits per heavy atom. The second kappa shape index (κ2) is 4.57. The molecule has 2 amide bonds. The molecule has 1 rings (SSSR count). The molecule has 0 heterocycles. The maximum atomic E-state index is 11.3. The van der Waals surface area contributed by atoms with Crippen molar-refractivity contribution < 1.29 is 9.59 Å². The molecule has 0 aliphatic carbocycles. The Hall–Kier alpha value is -1.84. The van der Waals surface area contributed by atoms with E-state index in [0.29, 0.717) is 11.3 Å². The second-order valence-electron chi connectivity index (χ2n) is 5.06. The minimum absolute atomic E-state index is 0.142. The number of carbonyl (C=O) groups is 2. The number of nitrogens with two attached hydrogens (primary N) is 1. The van der Waals surface area contributed by atoms with Gasteiger partial charge in [0.1, 0.15) is 0 Å². The number of primary amides is 1. The highest BCUT2D eigenvalue weighted by Crippen LogP contribution is 2.28. The smallest absolute Gasteiger partial charge is 0.248 e. The van der Waals surface area contributed by atoms with Crippen LogP contribution in [-0.4, -0.2) is 11.8 Å². The highest BCUT2D eigenvalue weighted by Gasteiger charge is 2.21. The average Bonchev–Trinajstić information content (AvgIpc) is 2.14. The van der Waals surface area contributed by atoms with E-state index in [2.05, 4.69) is 5.32 Å². The van der Waals surface area contributed by atoms with Crippen LogP contribution in [0.2, 0.25) is 0 Å². The number of hydrogen-bond acceptors (Lipinski definition) is 2. The Morgan fingerprint density at radius 2 is 1.82 bits per heavy atom. The summed E-state index contributed by atoms with van der Waals surface area (Å²) in [5.41, 5.74) is 7.12. The molecule has 4 nitrogen and oxygen atoms in total. The van der Waals surface area contributed by atoms with Gasteiger partial charge in [0.2, 0.25) is 11.8 Å². The van der Waals surface area contributed by atoms with E-state index in [0.717, 1.165) is 5.56 Å². The summed E-state index contributed by atoms with van der Waals surface area (Å²) in [6.45, 7) is 7.42. The minimum Gasteiger partial charge on any atom is -0.366 e. The molecule has 92 valence electrons. The van der Waals surface area contributed by atoms with Gasteiger partial charge in [-0.3, -0.25) is 9.59 Å². The van der Waals surface area contributed by atoms with Crippen LogP contribution in [0.4, 0.5) is 5.69 Å². The Kier molecular flexibility index (Phi) is 3.56. The molecule has 0 aliphatic rings. The molecule has 0 atom stereocenters. The molecule has 0 spiro atoms. The first-order chi connectivity index (χ1) is 7.71. The van der Waals surface area contributed by atoms with Crippen molar-refractivity contribution in [2.45, 2.75) is 33.1 Å². The van der Waals surface area contributed by atoms with Crippen LogP contribution >= 0.6 is 0 Å². The summed E-state index contributed by atoms with van der Waals surface area (Å²) in [4.78, 5) is 22.3. The van der Waals surface area contributed by atoms with Gasteiger partial charge < -0.3 is 11.1 Å². The number of carbonyl (C=O) groups excluding carboxylic acids is 2. The Labute approximate surface area is 101 Å². The van der Waals surface area contributed by atoms with Gasteiger partial charge >= 0.3 is 0 Å². The van der Waals surface area contributed by atoms with E-state index >= 15 is 0 Å². The van der Waals surface area contributed by atoms with E-state index in [-0.39, 0.29) is 11.3 Å². The first-order valence-electron chi connectivity index (χ1n) is 5.43. The monoisotopic (exact) mass is 234 g/mol. The van der Waals surface area contributed by atoms with E-state index in [1.807, 2.05) is 20.8 Å². The van der Waals surface area contributed by atoms with Gasteiger partial charge in [0, 0.05) is 18.2 Å². The van der Waals surface area contributed by atoms with Gasteiger partial charge in [-0.1, -0.05) is 20.8 Å². The van der Waals surface area contributed by atoms with Gasteiger partial charge in [0.25, 0.3) is 0 Å². The third-order valence-electron chi connectivity index (χ3n) is 2.41. The minimum atomic E-state index is -0.454. The summed E-state index contributed by atoms with van der Waals surface area (Å²) >= 11 is 0. The SMILES string of the molecule is CC(=O)Nc1ccc(C(N)=O)c(C(C)(C)C)c1. The lowest BCUT2D eigenvalue weighted by atomic mass is 9.83. The summed E-state index contributed by atoms with van der Waals surface area (Å²) in [6, 6.07) is 5.12. The first kappa shape index (κ1) is 13.2. The Morgan fingerprint density at radius 3 is 2.24 bits per heavy atom. The number of benzene rings is 1. The zero-order chi connectivity index (χ0) is 13.2. The summed E-state index contributed by atoms with van der Waals surface area (Å²) in [5.74, 6) is -0.596. The molecule has 0 aliphatic heterocycles. The van der Waals surface area contributed by atoms with E-state index in [9.17, 15) is 9.59 Å². The van der Waals surface area contributed by atoms with Crippen LogP contribution in [0.5, 0.6) is 0 Å². The van der Waals surface area contributed by atoms with Gasteiger partial charge in [0.05, 0.1) is 0 Å². The van der Waals surface area contributed by atoms with E-state index in [1.165, 1.54) is 6.92 Å². The van der Waals surface area contributed by atoms with Crippen LogP contribution in [0.3, 0.4) is 0 Å². The third-order valence-corrected chi connectivity index (χ3v) is 2.41. The summed E-state index contributed by atoms with van der Waals surface area (Å²) in [5, 5.41) is 2.69. The van der Waals surface area contributed by atoms with Crippen LogP contribution in [0.15, 0.2) is 18.2 Å². The number of nitrogens with one attached hydrogen (secondary N) is 1. The van der Waals surface area contributed by atoms with Crippen molar-refractivity contribution in [3.8, 4) is 0 Å². The van der Waals surface area contributed by atoms with Crippen LogP contribution in [0.1, 0.15) is 43.6 Å². The van der Waals surface area contributed by atoms with Crippen LogP contribution in [0.25, 0.3) is 0 Å². The highest BCUT2D eigenvalue weighted by molar-refractivity contribution is 5.96. The van der Waals surface area contributed by atoms with E-state index < -0.39 is 5.91 Å². The molecule has 1 aromatic rings. The van der Waals surface area contributed by atoms with Crippen LogP contribution < -0.4 is 11.1 Å². The Balaban J connectivity index is 3.29. The van der Waals surface area contributed by atoms with Crippen molar-refractivity contribution in [3.63, 3.8) is 0 Å². The maximum Gasteiger partial charge on any atom is 0.248 e. The molecule has 0 radical (unpaired) electrons. The predicted octanol–water partition coefficient (Wildman–Crippen LogP) is 2.04. The molecular weight excluding hydrogens is 216 g/mol. The zero-order valence-corrected chi connectivity index (χ0v) is 10.6. The number of anilines is 1. The second-order valence-corrected chi connectivity index (χ2v) is 5.06. The zero-order valence-electron chi connectivity index (χ0n) is 10.6. The quantitative estimate of drug-likeness (QED) is 0.822. The molecule has 0 saturated carbocycles. The van der Waals surface area contributed by atoms with Crippen molar-refractivity contribution in [2.24, 2.45) is 5.73 Å². The first-order valence-corrected chi connectivity index (χ1v) is 5.43. The molecule has 1 aromatic carbocycles. The third kappa shape index (κ3) is 3.31. The van der Waals surface area contributed by atoms with E-state index in [1.54, 1.807) is 18.2 Å². The fourth-order valence-electron chi connectivity index (χ4n) is 1.66. The molecule has 17 heavy (non-hydrogen) atoms. The topological polar surface area (TPSA) is 72.2 Å².